The van der Waals surface area contributed by atoms with Crippen molar-refractivity contribution in [3.05, 3.63) is 17.8 Å². The van der Waals surface area contributed by atoms with Crippen LogP contribution < -0.4 is 9.47 Å². The molecule has 0 unspecified atom stereocenters. The van der Waals surface area contributed by atoms with Crippen molar-refractivity contribution >= 4 is 5.97 Å². The SMILES string of the molecule is CC(C)(C)Oc1nccc(OC2CC2)c1C(=O)O. The largest absolute Gasteiger partial charge is 0.489 e. The third-order valence-corrected chi connectivity index (χ3v) is 2.31. The maximum Gasteiger partial charge on any atom is 0.345 e. The summed E-state index contributed by atoms with van der Waals surface area (Å²) in [5.74, 6) is -0.648. The van der Waals surface area contributed by atoms with Crippen molar-refractivity contribution in [3.8, 4) is 11.6 Å². The fourth-order valence-electron chi connectivity index (χ4n) is 1.45. The van der Waals surface area contributed by atoms with Gasteiger partial charge in [0.15, 0.2) is 5.56 Å². The molecule has 5 nitrogen and oxygen atoms in total. The Hall–Kier alpha value is -1.78. The van der Waals surface area contributed by atoms with E-state index in [2.05, 4.69) is 4.98 Å². The van der Waals surface area contributed by atoms with Crippen molar-refractivity contribution in [1.29, 1.82) is 0 Å². The van der Waals surface area contributed by atoms with Gasteiger partial charge in [0.1, 0.15) is 11.4 Å². The number of pyridine rings is 1. The molecule has 1 saturated carbocycles. The highest BCUT2D eigenvalue weighted by Crippen LogP contribution is 2.33. The molecule has 0 aromatic carbocycles. The highest BCUT2D eigenvalue weighted by molar-refractivity contribution is 5.93. The first-order chi connectivity index (χ1) is 8.37. The Bertz CT molecular complexity index is 461. The quantitative estimate of drug-likeness (QED) is 0.890. The minimum Gasteiger partial charge on any atom is -0.489 e. The normalized spacial score (nSPS) is 15.3. The van der Waals surface area contributed by atoms with Crippen molar-refractivity contribution in [2.24, 2.45) is 0 Å². The summed E-state index contributed by atoms with van der Waals surface area (Å²) >= 11 is 0. The van der Waals surface area contributed by atoms with Gasteiger partial charge in [0.25, 0.3) is 0 Å². The second kappa shape index (κ2) is 4.48. The third-order valence-electron chi connectivity index (χ3n) is 2.31. The molecule has 0 aliphatic heterocycles. The summed E-state index contributed by atoms with van der Waals surface area (Å²) in [6, 6.07) is 1.57. The Kier molecular flexibility index (Phi) is 3.15. The van der Waals surface area contributed by atoms with E-state index in [0.717, 1.165) is 12.8 Å². The van der Waals surface area contributed by atoms with Crippen LogP contribution in [-0.4, -0.2) is 27.8 Å². The minimum absolute atomic E-state index is 0.000625. The molecule has 5 heteroatoms. The molecule has 0 saturated heterocycles. The molecule has 0 atom stereocenters. The van der Waals surface area contributed by atoms with Crippen LogP contribution in [0.4, 0.5) is 0 Å². The fourth-order valence-corrected chi connectivity index (χ4v) is 1.45. The van der Waals surface area contributed by atoms with E-state index in [9.17, 15) is 9.90 Å². The van der Waals surface area contributed by atoms with Crippen molar-refractivity contribution in [2.75, 3.05) is 0 Å². The molecular weight excluding hydrogens is 234 g/mol. The zero-order chi connectivity index (χ0) is 13.3. The molecule has 0 spiro atoms. The summed E-state index contributed by atoms with van der Waals surface area (Å²) < 4.78 is 11.1. The lowest BCUT2D eigenvalue weighted by Crippen LogP contribution is -2.25. The maximum atomic E-state index is 11.3. The van der Waals surface area contributed by atoms with Crippen molar-refractivity contribution in [2.45, 2.75) is 45.3 Å². The summed E-state index contributed by atoms with van der Waals surface area (Å²) in [5, 5.41) is 9.28. The monoisotopic (exact) mass is 251 g/mol. The van der Waals surface area contributed by atoms with Crippen molar-refractivity contribution in [3.63, 3.8) is 0 Å². The first-order valence-electron chi connectivity index (χ1n) is 5.95. The van der Waals surface area contributed by atoms with Crippen molar-refractivity contribution < 1.29 is 19.4 Å². The predicted molar refractivity (Wildman–Crippen MR) is 65.2 cm³/mol. The molecule has 1 aliphatic carbocycles. The van der Waals surface area contributed by atoms with Gasteiger partial charge in [-0.3, -0.25) is 0 Å². The summed E-state index contributed by atoms with van der Waals surface area (Å²) in [4.78, 5) is 15.3. The van der Waals surface area contributed by atoms with Gasteiger partial charge in [-0.25, -0.2) is 9.78 Å². The molecule has 18 heavy (non-hydrogen) atoms. The topological polar surface area (TPSA) is 68.7 Å². The van der Waals surface area contributed by atoms with Crippen LogP contribution >= 0.6 is 0 Å². The van der Waals surface area contributed by atoms with E-state index in [-0.39, 0.29) is 17.5 Å². The molecule has 1 heterocycles. The molecule has 1 aromatic heterocycles. The Labute approximate surface area is 106 Å². The summed E-state index contributed by atoms with van der Waals surface area (Å²) in [5.41, 5.74) is -0.505. The van der Waals surface area contributed by atoms with Crippen LogP contribution in [0.25, 0.3) is 0 Å². The van der Waals surface area contributed by atoms with E-state index < -0.39 is 11.6 Å². The van der Waals surface area contributed by atoms with Gasteiger partial charge < -0.3 is 14.6 Å². The van der Waals surface area contributed by atoms with Crippen LogP contribution in [0.15, 0.2) is 12.3 Å². The first-order valence-corrected chi connectivity index (χ1v) is 5.95. The summed E-state index contributed by atoms with van der Waals surface area (Å²) in [7, 11) is 0. The molecular formula is C13H17NO4. The van der Waals surface area contributed by atoms with Crippen LogP contribution in [0, 0.1) is 0 Å². The molecule has 0 bridgehead atoms. The number of hydrogen-bond donors (Lipinski definition) is 1. The molecule has 2 rings (SSSR count). The van der Waals surface area contributed by atoms with E-state index in [0.29, 0.717) is 5.75 Å². The van der Waals surface area contributed by atoms with Gasteiger partial charge in [0, 0.05) is 6.20 Å². The van der Waals surface area contributed by atoms with Crippen LogP contribution in [0.3, 0.4) is 0 Å². The Morgan fingerprint density at radius 2 is 2.11 bits per heavy atom. The molecule has 1 fully saturated rings. The second-order valence-electron chi connectivity index (χ2n) is 5.33. The Morgan fingerprint density at radius 1 is 1.44 bits per heavy atom. The van der Waals surface area contributed by atoms with Gasteiger partial charge in [-0.15, -0.1) is 0 Å². The molecule has 1 aromatic rings. The van der Waals surface area contributed by atoms with E-state index in [1.54, 1.807) is 6.07 Å². The molecule has 1 aliphatic rings. The number of carboxylic acids is 1. The van der Waals surface area contributed by atoms with Gasteiger partial charge in [-0.1, -0.05) is 0 Å². The Morgan fingerprint density at radius 3 is 2.61 bits per heavy atom. The van der Waals surface area contributed by atoms with Crippen molar-refractivity contribution in [1.82, 2.24) is 4.98 Å². The van der Waals surface area contributed by atoms with Gasteiger partial charge in [0.2, 0.25) is 5.88 Å². The number of carboxylic acid groups (broad SMARTS) is 1. The van der Waals surface area contributed by atoms with Gasteiger partial charge >= 0.3 is 5.97 Å². The number of ether oxygens (including phenoxy) is 2. The number of nitrogens with zero attached hydrogens (tertiary/aromatic N) is 1. The zero-order valence-corrected chi connectivity index (χ0v) is 10.8. The van der Waals surface area contributed by atoms with E-state index in [1.807, 2.05) is 20.8 Å². The highest BCUT2D eigenvalue weighted by Gasteiger charge is 2.29. The molecule has 1 N–H and O–H groups in total. The van der Waals surface area contributed by atoms with E-state index >= 15 is 0 Å². The average molecular weight is 251 g/mol. The van der Waals surface area contributed by atoms with E-state index in [1.165, 1.54) is 6.20 Å². The minimum atomic E-state index is -1.09. The molecule has 0 amide bonds. The highest BCUT2D eigenvalue weighted by atomic mass is 16.5. The van der Waals surface area contributed by atoms with Crippen LogP contribution in [0.2, 0.25) is 0 Å². The van der Waals surface area contributed by atoms with Crippen LogP contribution in [0.1, 0.15) is 44.0 Å². The number of rotatable bonds is 4. The fraction of sp³-hybridized carbons (Fsp3) is 0.538. The van der Waals surface area contributed by atoms with Crippen LogP contribution in [-0.2, 0) is 0 Å². The number of aromatic nitrogens is 1. The standard InChI is InChI=1S/C13H17NO4/c1-13(2,3)18-11-10(12(15)16)9(6-7-14-11)17-8-4-5-8/h6-8H,4-5H2,1-3H3,(H,15,16). The third kappa shape index (κ3) is 3.12. The summed E-state index contributed by atoms with van der Waals surface area (Å²) in [6.45, 7) is 5.53. The smallest absolute Gasteiger partial charge is 0.345 e. The Balaban J connectivity index is 2.35. The van der Waals surface area contributed by atoms with E-state index in [4.69, 9.17) is 9.47 Å². The van der Waals surface area contributed by atoms with Gasteiger partial charge in [-0.2, -0.15) is 0 Å². The number of hydrogen-bond acceptors (Lipinski definition) is 4. The zero-order valence-electron chi connectivity index (χ0n) is 10.8. The lowest BCUT2D eigenvalue weighted by Gasteiger charge is -2.22. The van der Waals surface area contributed by atoms with Crippen LogP contribution in [0.5, 0.6) is 11.6 Å². The predicted octanol–water partition coefficient (Wildman–Crippen LogP) is 2.50. The summed E-state index contributed by atoms with van der Waals surface area (Å²) in [6.07, 6.45) is 3.58. The average Bonchev–Trinajstić information content (AvgIpc) is 2.98. The first kappa shape index (κ1) is 12.7. The maximum absolute atomic E-state index is 11.3. The number of carbonyl (C=O) groups is 1. The number of aromatic carboxylic acids is 1. The molecule has 0 radical (unpaired) electrons. The second-order valence-corrected chi connectivity index (χ2v) is 5.33. The lowest BCUT2D eigenvalue weighted by atomic mass is 10.2. The lowest BCUT2D eigenvalue weighted by molar-refractivity contribution is 0.0670. The molecule has 98 valence electrons. The van der Waals surface area contributed by atoms with Gasteiger partial charge in [0.05, 0.1) is 6.10 Å². The van der Waals surface area contributed by atoms with Gasteiger partial charge in [-0.05, 0) is 39.7 Å².